The van der Waals surface area contributed by atoms with Crippen LogP contribution in [0.25, 0.3) is 6.08 Å². The largest absolute Gasteiger partial charge is 0.197 e. The van der Waals surface area contributed by atoms with Gasteiger partial charge < -0.3 is 0 Å². The highest BCUT2D eigenvalue weighted by Gasteiger charge is 1.86. The Morgan fingerprint density at radius 2 is 1.73 bits per heavy atom. The fraction of sp³-hybridized carbons (Fsp3) is 0.111. The van der Waals surface area contributed by atoms with Gasteiger partial charge in [0.15, 0.2) is 0 Å². The second-order valence-electron chi connectivity index (χ2n) is 2.06. The highest BCUT2D eigenvalue weighted by atomic mass is 32.1. The van der Waals surface area contributed by atoms with Crippen molar-refractivity contribution in [1.82, 2.24) is 0 Å². The van der Waals surface area contributed by atoms with Crippen LogP contribution in [0.2, 0.25) is 0 Å². The van der Waals surface area contributed by atoms with Gasteiger partial charge in [-0.25, -0.2) is 0 Å². The van der Waals surface area contributed by atoms with Crippen LogP contribution in [0.3, 0.4) is 0 Å². The summed E-state index contributed by atoms with van der Waals surface area (Å²) in [6, 6.07) is 8.19. The molecule has 0 aromatic heterocycles. The van der Waals surface area contributed by atoms with Crippen molar-refractivity contribution >= 4 is 33.1 Å². The van der Waals surface area contributed by atoms with E-state index in [1.807, 2.05) is 18.2 Å². The van der Waals surface area contributed by atoms with E-state index in [0.717, 1.165) is 0 Å². The molecular weight excluding hydrogens is 172 g/mol. The summed E-state index contributed by atoms with van der Waals surface area (Å²) >= 11 is 0. The predicted molar refractivity (Wildman–Crippen MR) is 62.0 cm³/mol. The molecule has 0 atom stereocenters. The summed E-state index contributed by atoms with van der Waals surface area (Å²) in [7, 11) is 0. The Bertz CT molecular complexity index is 219. The van der Waals surface area contributed by atoms with E-state index in [2.05, 4.69) is 25.6 Å². The second-order valence-corrected chi connectivity index (χ2v) is 2.06. The van der Waals surface area contributed by atoms with E-state index in [9.17, 15) is 0 Å². The van der Waals surface area contributed by atoms with Crippen LogP contribution >= 0.6 is 27.0 Å². The van der Waals surface area contributed by atoms with Gasteiger partial charge in [-0.05, 0) is 18.1 Å². The molecule has 0 spiro atoms. The van der Waals surface area contributed by atoms with E-state index in [4.69, 9.17) is 0 Å². The summed E-state index contributed by atoms with van der Waals surface area (Å²) in [6.07, 6.45) is 1.87. The Kier molecular flexibility index (Phi) is 7.69. The third kappa shape index (κ3) is 3.54. The molecule has 0 nitrogen and oxygen atoms in total. The lowest BCUT2D eigenvalue weighted by atomic mass is 10.1. The van der Waals surface area contributed by atoms with Crippen LogP contribution in [-0.2, 0) is 0 Å². The average Bonchev–Trinajstić information content (AvgIpc) is 1.89. The van der Waals surface area contributed by atoms with Crippen molar-refractivity contribution in [2.24, 2.45) is 0 Å². The van der Waals surface area contributed by atoms with E-state index >= 15 is 0 Å². The number of aryl methyl sites for hydroxylation is 1. The Labute approximate surface area is 82.2 Å². The first kappa shape index (κ1) is 13.3. The first-order valence-corrected chi connectivity index (χ1v) is 3.02. The number of benzene rings is 1. The van der Waals surface area contributed by atoms with Gasteiger partial charge in [-0.3, -0.25) is 0 Å². The van der Waals surface area contributed by atoms with Crippen LogP contribution < -0.4 is 0 Å². The molecule has 0 amide bonds. The first-order chi connectivity index (χ1) is 4.34. The molecule has 0 N–H and O–H groups in total. The molecule has 0 saturated carbocycles. The third-order valence-corrected chi connectivity index (χ3v) is 1.41. The fourth-order valence-corrected chi connectivity index (χ4v) is 0.816. The highest BCUT2D eigenvalue weighted by molar-refractivity contribution is 7.59. The Hall–Kier alpha value is -0.340. The van der Waals surface area contributed by atoms with Gasteiger partial charge in [0, 0.05) is 0 Å². The normalized spacial score (nSPS) is 7.36. The van der Waals surface area contributed by atoms with Crippen molar-refractivity contribution in [3.05, 3.63) is 42.0 Å². The predicted octanol–water partition coefficient (Wildman–Crippen LogP) is 2.86. The second kappa shape index (κ2) is 6.38. The van der Waals surface area contributed by atoms with Gasteiger partial charge in [0.25, 0.3) is 0 Å². The molecule has 0 fully saturated rings. The van der Waals surface area contributed by atoms with Crippen molar-refractivity contribution in [2.45, 2.75) is 6.92 Å². The van der Waals surface area contributed by atoms with Crippen molar-refractivity contribution in [1.29, 1.82) is 0 Å². The molecule has 0 heterocycles. The van der Waals surface area contributed by atoms with Crippen LogP contribution in [0.5, 0.6) is 0 Å². The molecule has 0 bridgehead atoms. The molecule has 1 aromatic carbocycles. The lowest BCUT2D eigenvalue weighted by molar-refractivity contribution is 1.45. The molecule has 0 unspecified atom stereocenters. The molecule has 62 valence electrons. The molecule has 0 aliphatic heterocycles. The lowest BCUT2D eigenvalue weighted by Gasteiger charge is -1.95. The summed E-state index contributed by atoms with van der Waals surface area (Å²) in [4.78, 5) is 0. The van der Waals surface area contributed by atoms with Crippen molar-refractivity contribution in [3.63, 3.8) is 0 Å². The van der Waals surface area contributed by atoms with Gasteiger partial charge >= 0.3 is 0 Å². The maximum absolute atomic E-state index is 3.69. The van der Waals surface area contributed by atoms with E-state index in [1.165, 1.54) is 11.1 Å². The Balaban J connectivity index is 0. The molecular formula is C9H14S2. The summed E-state index contributed by atoms with van der Waals surface area (Å²) in [6.45, 7) is 5.77. The maximum Gasteiger partial charge on any atom is -0.0233 e. The van der Waals surface area contributed by atoms with E-state index in [-0.39, 0.29) is 27.0 Å². The van der Waals surface area contributed by atoms with Crippen LogP contribution in [0.1, 0.15) is 11.1 Å². The quantitative estimate of drug-likeness (QED) is 0.632. The van der Waals surface area contributed by atoms with Gasteiger partial charge in [-0.15, -0.1) is 0 Å². The molecule has 11 heavy (non-hydrogen) atoms. The monoisotopic (exact) mass is 186 g/mol. The van der Waals surface area contributed by atoms with Gasteiger partial charge in [-0.1, -0.05) is 36.9 Å². The zero-order chi connectivity index (χ0) is 6.69. The average molecular weight is 186 g/mol. The minimum Gasteiger partial charge on any atom is -0.197 e. The van der Waals surface area contributed by atoms with Gasteiger partial charge in [0.1, 0.15) is 0 Å². The van der Waals surface area contributed by atoms with Crippen molar-refractivity contribution < 1.29 is 0 Å². The molecule has 0 radical (unpaired) electrons. The zero-order valence-electron chi connectivity index (χ0n) is 6.59. The van der Waals surface area contributed by atoms with Crippen molar-refractivity contribution in [3.8, 4) is 0 Å². The van der Waals surface area contributed by atoms with Gasteiger partial charge in [0.2, 0.25) is 0 Å². The SMILES string of the molecule is C=Cc1ccccc1C.S.S. The Morgan fingerprint density at radius 1 is 1.18 bits per heavy atom. The van der Waals surface area contributed by atoms with Crippen LogP contribution in [0.4, 0.5) is 0 Å². The number of rotatable bonds is 1. The molecule has 1 rings (SSSR count). The standard InChI is InChI=1S/C9H10.2H2S/c1-3-9-7-5-4-6-8(9)2;;/h3-7H,1H2,2H3;2*1H2. The van der Waals surface area contributed by atoms with Crippen LogP contribution in [0, 0.1) is 6.92 Å². The zero-order valence-corrected chi connectivity index (χ0v) is 8.59. The number of hydrogen-bond acceptors (Lipinski definition) is 0. The van der Waals surface area contributed by atoms with E-state index < -0.39 is 0 Å². The fourth-order valence-electron chi connectivity index (χ4n) is 0.816. The maximum atomic E-state index is 3.69. The first-order valence-electron chi connectivity index (χ1n) is 3.02. The summed E-state index contributed by atoms with van der Waals surface area (Å²) in [5.41, 5.74) is 2.50. The Morgan fingerprint density at radius 3 is 2.09 bits per heavy atom. The van der Waals surface area contributed by atoms with E-state index in [0.29, 0.717) is 0 Å². The molecule has 0 aliphatic carbocycles. The molecule has 0 saturated heterocycles. The summed E-state index contributed by atoms with van der Waals surface area (Å²) < 4.78 is 0. The van der Waals surface area contributed by atoms with Gasteiger partial charge in [-0.2, -0.15) is 27.0 Å². The lowest BCUT2D eigenvalue weighted by Crippen LogP contribution is -1.75. The van der Waals surface area contributed by atoms with Crippen LogP contribution in [-0.4, -0.2) is 0 Å². The summed E-state index contributed by atoms with van der Waals surface area (Å²) in [5, 5.41) is 0. The topological polar surface area (TPSA) is 0 Å². The minimum absolute atomic E-state index is 0. The smallest absolute Gasteiger partial charge is 0.0233 e. The molecule has 2 heteroatoms. The number of hydrogen-bond donors (Lipinski definition) is 0. The molecule has 0 aliphatic rings. The van der Waals surface area contributed by atoms with E-state index in [1.54, 1.807) is 0 Å². The molecule has 1 aromatic rings. The summed E-state index contributed by atoms with van der Waals surface area (Å²) in [5.74, 6) is 0. The van der Waals surface area contributed by atoms with Crippen molar-refractivity contribution in [2.75, 3.05) is 0 Å². The highest BCUT2D eigenvalue weighted by Crippen LogP contribution is 2.06. The van der Waals surface area contributed by atoms with Crippen LogP contribution in [0.15, 0.2) is 30.8 Å². The third-order valence-electron chi connectivity index (χ3n) is 1.41. The van der Waals surface area contributed by atoms with Gasteiger partial charge in [0.05, 0.1) is 0 Å². The minimum atomic E-state index is 0.